The Labute approximate surface area is 104 Å². The van der Waals surface area contributed by atoms with Crippen molar-refractivity contribution in [1.82, 2.24) is 0 Å². The zero-order valence-corrected chi connectivity index (χ0v) is 10.1. The van der Waals surface area contributed by atoms with Crippen molar-refractivity contribution in [2.24, 2.45) is 0 Å². The summed E-state index contributed by atoms with van der Waals surface area (Å²) in [6.45, 7) is 3.50. The maximum absolute atomic E-state index is 13.4. The minimum absolute atomic E-state index is 0.132. The minimum atomic E-state index is -1.20. The average molecular weight is 256 g/mol. The van der Waals surface area contributed by atoms with Gasteiger partial charge in [-0.05, 0) is 23.2 Å². The Kier molecular flexibility index (Phi) is 5.12. The molecule has 1 heterocycles. The lowest BCUT2D eigenvalue weighted by molar-refractivity contribution is -0.139. The van der Waals surface area contributed by atoms with E-state index in [0.717, 1.165) is 0 Å². The second-order valence-corrected chi connectivity index (χ2v) is 3.33. The van der Waals surface area contributed by atoms with Crippen LogP contribution >= 0.6 is 0 Å². The summed E-state index contributed by atoms with van der Waals surface area (Å²) in [7, 11) is -1.11. The quantitative estimate of drug-likeness (QED) is 0.771. The monoisotopic (exact) mass is 256 g/mol. The second kappa shape index (κ2) is 6.37. The van der Waals surface area contributed by atoms with Crippen molar-refractivity contribution in [2.75, 3.05) is 6.61 Å². The number of ether oxygens (including phenoxy) is 1. The number of hydrogen-bond acceptors (Lipinski definition) is 4. The zero-order valence-electron chi connectivity index (χ0n) is 10.1. The van der Waals surface area contributed by atoms with E-state index >= 15 is 0 Å². The van der Waals surface area contributed by atoms with E-state index in [9.17, 15) is 14.2 Å². The summed E-state index contributed by atoms with van der Waals surface area (Å²) in [5.74, 6) is -2.07. The first-order valence-corrected chi connectivity index (χ1v) is 5.54. The molecule has 1 aliphatic heterocycles. The molecule has 0 fully saturated rings. The molecule has 7 heteroatoms. The van der Waals surface area contributed by atoms with Crippen molar-refractivity contribution >= 4 is 18.6 Å². The summed E-state index contributed by atoms with van der Waals surface area (Å²) in [5, 5.41) is 17.7. The third-order valence-corrected chi connectivity index (χ3v) is 2.21. The Morgan fingerprint density at radius 3 is 2.83 bits per heavy atom. The van der Waals surface area contributed by atoms with Crippen LogP contribution in [0.25, 0.3) is 0 Å². The highest BCUT2D eigenvalue weighted by Gasteiger charge is 2.29. The molecule has 2 N–H and O–H groups in total. The highest BCUT2D eigenvalue weighted by molar-refractivity contribution is 6.61. The third-order valence-electron chi connectivity index (χ3n) is 2.21. The lowest BCUT2D eigenvalue weighted by atomic mass is 9.79. The lowest BCUT2D eigenvalue weighted by Crippen LogP contribution is -2.28. The number of aliphatic carboxylic acids is 1. The summed E-state index contributed by atoms with van der Waals surface area (Å²) < 4.78 is 23.0. The predicted molar refractivity (Wildman–Crippen MR) is 63.3 cm³/mol. The van der Waals surface area contributed by atoms with Crippen LogP contribution in [0.5, 0.6) is 5.75 Å². The van der Waals surface area contributed by atoms with Crippen LogP contribution in [0.3, 0.4) is 0 Å². The number of halogens is 1. The van der Waals surface area contributed by atoms with Crippen LogP contribution in [0.15, 0.2) is 12.1 Å². The van der Waals surface area contributed by atoms with Crippen LogP contribution in [0.2, 0.25) is 0 Å². The standard InChI is InChI=1S/C9H8BFO5.C2H6/c11-7-1-5-3-16-10(14)6(5)2-8(7)15-4-9(12)13;1-2/h1-2,14H,3-4H2,(H,12,13);1-2H3. The van der Waals surface area contributed by atoms with E-state index in [-0.39, 0.29) is 12.4 Å². The first-order valence-electron chi connectivity index (χ1n) is 5.54. The summed E-state index contributed by atoms with van der Waals surface area (Å²) in [6.07, 6.45) is 0. The molecule has 0 spiro atoms. The van der Waals surface area contributed by atoms with E-state index in [0.29, 0.717) is 11.0 Å². The first kappa shape index (κ1) is 14.5. The van der Waals surface area contributed by atoms with Crippen LogP contribution in [0.4, 0.5) is 4.39 Å². The van der Waals surface area contributed by atoms with Gasteiger partial charge in [0.05, 0.1) is 6.61 Å². The maximum atomic E-state index is 13.4. The van der Waals surface area contributed by atoms with Crippen LogP contribution in [-0.4, -0.2) is 29.8 Å². The smallest absolute Gasteiger partial charge is 0.479 e. The molecule has 98 valence electrons. The summed E-state index contributed by atoms with van der Waals surface area (Å²) in [4.78, 5) is 10.3. The molecule has 1 aromatic rings. The maximum Gasteiger partial charge on any atom is 0.491 e. The summed E-state index contributed by atoms with van der Waals surface area (Å²) in [6, 6.07) is 2.42. The van der Waals surface area contributed by atoms with Crippen molar-refractivity contribution < 1.29 is 28.7 Å². The van der Waals surface area contributed by atoms with Gasteiger partial charge < -0.3 is 19.5 Å². The lowest BCUT2D eigenvalue weighted by Gasteiger charge is -2.07. The molecule has 0 bridgehead atoms. The molecule has 5 nitrogen and oxygen atoms in total. The molecule has 0 amide bonds. The highest BCUT2D eigenvalue weighted by atomic mass is 19.1. The van der Waals surface area contributed by atoms with Crippen molar-refractivity contribution in [1.29, 1.82) is 0 Å². The van der Waals surface area contributed by atoms with Gasteiger partial charge in [0.2, 0.25) is 0 Å². The Balaban J connectivity index is 0.000000771. The van der Waals surface area contributed by atoms with Crippen LogP contribution in [0, 0.1) is 5.82 Å². The van der Waals surface area contributed by atoms with E-state index in [1.54, 1.807) is 0 Å². The van der Waals surface area contributed by atoms with Gasteiger partial charge >= 0.3 is 13.1 Å². The second-order valence-electron chi connectivity index (χ2n) is 3.33. The van der Waals surface area contributed by atoms with Gasteiger partial charge in [-0.25, -0.2) is 9.18 Å². The molecule has 0 unspecified atom stereocenters. The molecule has 0 saturated carbocycles. The van der Waals surface area contributed by atoms with Crippen LogP contribution < -0.4 is 10.2 Å². The van der Waals surface area contributed by atoms with Crippen LogP contribution in [-0.2, 0) is 16.1 Å². The Morgan fingerprint density at radius 2 is 2.22 bits per heavy atom. The number of carboxylic acids is 1. The molecule has 0 atom stereocenters. The SMILES string of the molecule is CC.O=C(O)COc1cc2c(cc1F)COB2O. The molecule has 1 aromatic carbocycles. The zero-order chi connectivity index (χ0) is 13.7. The fraction of sp³-hybridized carbons (Fsp3) is 0.364. The molecule has 0 aromatic heterocycles. The highest BCUT2D eigenvalue weighted by Crippen LogP contribution is 2.20. The normalized spacial score (nSPS) is 12.6. The molecule has 0 saturated heterocycles. The first-order chi connectivity index (χ1) is 8.58. The van der Waals surface area contributed by atoms with E-state index in [2.05, 4.69) is 0 Å². The van der Waals surface area contributed by atoms with E-state index in [4.69, 9.17) is 14.5 Å². The Morgan fingerprint density at radius 1 is 1.56 bits per heavy atom. The minimum Gasteiger partial charge on any atom is -0.479 e. The molecule has 0 radical (unpaired) electrons. The molecular weight excluding hydrogens is 242 g/mol. The Hall–Kier alpha value is -1.60. The summed E-state index contributed by atoms with van der Waals surface area (Å²) >= 11 is 0. The molecule has 2 rings (SSSR count). The largest absolute Gasteiger partial charge is 0.491 e. The number of carboxylic acid groups (broad SMARTS) is 1. The number of rotatable bonds is 3. The fourth-order valence-electron chi connectivity index (χ4n) is 1.47. The van der Waals surface area contributed by atoms with Gasteiger partial charge in [0.1, 0.15) is 0 Å². The van der Waals surface area contributed by atoms with E-state index < -0.39 is 25.5 Å². The van der Waals surface area contributed by atoms with Gasteiger partial charge in [-0.3, -0.25) is 0 Å². The molecule has 0 aliphatic carbocycles. The topological polar surface area (TPSA) is 76.0 Å². The predicted octanol–water partition coefficient (Wildman–Crippen LogP) is 0.533. The van der Waals surface area contributed by atoms with Gasteiger partial charge in [-0.2, -0.15) is 0 Å². The Bertz CT molecular complexity index is 438. The summed E-state index contributed by atoms with van der Waals surface area (Å²) in [5.41, 5.74) is 0.939. The van der Waals surface area contributed by atoms with Gasteiger partial charge in [-0.1, -0.05) is 13.8 Å². The van der Waals surface area contributed by atoms with Gasteiger partial charge in [0.25, 0.3) is 0 Å². The van der Waals surface area contributed by atoms with Gasteiger partial charge in [0.15, 0.2) is 18.2 Å². The number of carbonyl (C=O) groups is 1. The molecule has 1 aliphatic rings. The van der Waals surface area contributed by atoms with Gasteiger partial charge in [-0.15, -0.1) is 0 Å². The van der Waals surface area contributed by atoms with Crippen molar-refractivity contribution in [3.8, 4) is 5.75 Å². The number of fused-ring (bicyclic) bond motifs is 1. The fourth-order valence-corrected chi connectivity index (χ4v) is 1.47. The third kappa shape index (κ3) is 3.21. The van der Waals surface area contributed by atoms with Crippen LogP contribution in [0.1, 0.15) is 19.4 Å². The van der Waals surface area contributed by atoms with E-state index in [1.165, 1.54) is 12.1 Å². The molecule has 18 heavy (non-hydrogen) atoms. The number of benzene rings is 1. The van der Waals surface area contributed by atoms with E-state index in [1.807, 2.05) is 13.8 Å². The van der Waals surface area contributed by atoms with Gasteiger partial charge in [0, 0.05) is 0 Å². The van der Waals surface area contributed by atoms with Crippen molar-refractivity contribution in [2.45, 2.75) is 20.5 Å². The molecular formula is C11H14BFO5. The van der Waals surface area contributed by atoms with Crippen molar-refractivity contribution in [3.63, 3.8) is 0 Å². The average Bonchev–Trinajstić information content (AvgIpc) is 2.70. The number of hydrogen-bond donors (Lipinski definition) is 2. The van der Waals surface area contributed by atoms with Crippen molar-refractivity contribution in [3.05, 3.63) is 23.5 Å².